The number of hydrogen-bond acceptors (Lipinski definition) is 5. The van der Waals surface area contributed by atoms with Crippen LogP contribution in [0.4, 0.5) is 5.82 Å². The second-order valence-electron chi connectivity index (χ2n) is 8.37. The fourth-order valence-corrected chi connectivity index (χ4v) is 4.86. The zero-order valence-corrected chi connectivity index (χ0v) is 18.2. The third-order valence-electron chi connectivity index (χ3n) is 6.47. The maximum atomic E-state index is 13.5. The molecule has 164 valence electrons. The molecule has 2 atom stereocenters. The highest BCUT2D eigenvalue weighted by atomic mass is 16.5. The highest BCUT2D eigenvalue weighted by Gasteiger charge is 2.40. The van der Waals surface area contributed by atoms with E-state index >= 15 is 0 Å². The number of ether oxygens (including phenoxy) is 2. The summed E-state index contributed by atoms with van der Waals surface area (Å²) in [6.45, 7) is 2.02. The van der Waals surface area contributed by atoms with Crippen molar-refractivity contribution in [2.75, 3.05) is 19.5 Å². The van der Waals surface area contributed by atoms with Gasteiger partial charge in [0.15, 0.2) is 17.3 Å². The average Bonchev–Trinajstić information content (AvgIpc) is 3.18. The maximum Gasteiger partial charge on any atom is 0.270 e. The smallest absolute Gasteiger partial charge is 0.270 e. The molecule has 5 rings (SSSR count). The van der Waals surface area contributed by atoms with Crippen LogP contribution in [0.1, 0.15) is 46.9 Å². The van der Waals surface area contributed by atoms with E-state index < -0.39 is 5.92 Å². The van der Waals surface area contributed by atoms with E-state index in [1.54, 1.807) is 14.2 Å². The molecule has 0 saturated carbocycles. The van der Waals surface area contributed by atoms with E-state index in [0.29, 0.717) is 41.3 Å². The number of rotatable bonds is 4. The number of anilines is 1. The minimum atomic E-state index is -0.393. The number of hydrogen-bond donors (Lipinski definition) is 3. The van der Waals surface area contributed by atoms with Crippen LogP contribution in [0.15, 0.2) is 58.5 Å². The number of nitrogens with one attached hydrogen (secondary N) is 3. The van der Waals surface area contributed by atoms with E-state index in [-0.39, 0.29) is 17.3 Å². The number of methoxy groups -OCH3 is 2. The predicted octanol–water partition coefficient (Wildman–Crippen LogP) is 3.99. The lowest BCUT2D eigenvalue weighted by Gasteiger charge is -2.34. The van der Waals surface area contributed by atoms with Gasteiger partial charge in [0, 0.05) is 23.6 Å². The maximum absolute atomic E-state index is 13.5. The van der Waals surface area contributed by atoms with Gasteiger partial charge in [-0.1, -0.05) is 35.9 Å². The number of carbonyl (C=O) groups is 1. The molecule has 2 heterocycles. The first kappa shape index (κ1) is 20.2. The van der Waals surface area contributed by atoms with Crippen molar-refractivity contribution in [3.63, 3.8) is 0 Å². The van der Waals surface area contributed by atoms with E-state index in [9.17, 15) is 9.59 Å². The summed E-state index contributed by atoms with van der Waals surface area (Å²) in [5, 5.41) is 8.94. The Morgan fingerprint density at radius 1 is 0.875 bits per heavy atom. The molecule has 0 amide bonds. The number of Topliss-reactive ketones (excluding diaryl/α,β-unsaturated/α-hetero) is 1. The third-order valence-corrected chi connectivity index (χ3v) is 6.47. The molecule has 2 aliphatic rings. The Morgan fingerprint density at radius 3 is 2.31 bits per heavy atom. The lowest BCUT2D eigenvalue weighted by molar-refractivity contribution is -0.116. The predicted molar refractivity (Wildman–Crippen MR) is 122 cm³/mol. The number of aryl methyl sites for hydroxylation is 1. The zero-order chi connectivity index (χ0) is 22.4. The van der Waals surface area contributed by atoms with Crippen molar-refractivity contribution in [3.05, 3.63) is 86.3 Å². The quantitative estimate of drug-likeness (QED) is 0.581. The lowest BCUT2D eigenvalue weighted by Crippen LogP contribution is -2.31. The minimum Gasteiger partial charge on any atom is -0.493 e. The van der Waals surface area contributed by atoms with Gasteiger partial charge < -0.3 is 14.8 Å². The van der Waals surface area contributed by atoms with Crippen LogP contribution in [-0.2, 0) is 4.79 Å². The Labute approximate surface area is 185 Å². The van der Waals surface area contributed by atoms with Gasteiger partial charge >= 0.3 is 0 Å². The second kappa shape index (κ2) is 7.75. The molecular formula is C25H25N3O4. The fourth-order valence-electron chi connectivity index (χ4n) is 4.86. The molecular weight excluding hydrogens is 406 g/mol. The number of H-pyrrole nitrogens is 2. The Bertz CT molecular complexity index is 1280. The van der Waals surface area contributed by atoms with E-state index in [1.165, 1.54) is 0 Å². The SMILES string of the molecule is COc1ccc([C@@H]2CC(=O)C3=C(C2)Nc2[nH][nH]c(=O)c2[C@H]3c2ccc(C)cc2)cc1OC. The van der Waals surface area contributed by atoms with Crippen LogP contribution in [-0.4, -0.2) is 30.2 Å². The summed E-state index contributed by atoms with van der Waals surface area (Å²) in [6.07, 6.45) is 1.03. The number of allylic oxidation sites excluding steroid dienone is 2. The molecule has 2 aromatic carbocycles. The van der Waals surface area contributed by atoms with Crippen molar-refractivity contribution in [3.8, 4) is 11.5 Å². The number of ketones is 1. The monoisotopic (exact) mass is 431 g/mol. The van der Waals surface area contributed by atoms with Gasteiger partial charge in [-0.25, -0.2) is 0 Å². The van der Waals surface area contributed by atoms with Crippen LogP contribution < -0.4 is 20.3 Å². The summed E-state index contributed by atoms with van der Waals surface area (Å²) in [7, 11) is 3.21. The van der Waals surface area contributed by atoms with Gasteiger partial charge in [0.05, 0.1) is 19.8 Å². The normalized spacial score (nSPS) is 19.8. The summed E-state index contributed by atoms with van der Waals surface area (Å²) in [4.78, 5) is 26.1. The van der Waals surface area contributed by atoms with Crippen molar-refractivity contribution in [2.45, 2.75) is 31.6 Å². The van der Waals surface area contributed by atoms with Crippen molar-refractivity contribution >= 4 is 11.6 Å². The number of fused-ring (bicyclic) bond motifs is 1. The van der Waals surface area contributed by atoms with Crippen LogP contribution in [0.25, 0.3) is 0 Å². The summed E-state index contributed by atoms with van der Waals surface area (Å²) < 4.78 is 10.8. The van der Waals surface area contributed by atoms with Crippen LogP contribution >= 0.6 is 0 Å². The summed E-state index contributed by atoms with van der Waals surface area (Å²) in [6, 6.07) is 13.8. The third kappa shape index (κ3) is 3.21. The van der Waals surface area contributed by atoms with Gasteiger partial charge in [0.2, 0.25) is 0 Å². The molecule has 1 aromatic heterocycles. The van der Waals surface area contributed by atoms with Crippen molar-refractivity contribution in [1.29, 1.82) is 0 Å². The molecule has 32 heavy (non-hydrogen) atoms. The Hall–Kier alpha value is -3.74. The van der Waals surface area contributed by atoms with Gasteiger partial charge in [-0.3, -0.25) is 19.8 Å². The second-order valence-corrected chi connectivity index (χ2v) is 8.37. The molecule has 0 bridgehead atoms. The highest BCUT2D eigenvalue weighted by molar-refractivity contribution is 6.01. The molecule has 1 aliphatic carbocycles. The van der Waals surface area contributed by atoms with E-state index in [0.717, 1.165) is 22.4 Å². The minimum absolute atomic E-state index is 0.000521. The Balaban J connectivity index is 1.58. The van der Waals surface area contributed by atoms with Gasteiger partial charge in [-0.2, -0.15) is 0 Å². The highest BCUT2D eigenvalue weighted by Crippen LogP contribution is 2.47. The summed E-state index contributed by atoms with van der Waals surface area (Å²) in [5.41, 5.74) is 4.98. The molecule has 7 heteroatoms. The largest absolute Gasteiger partial charge is 0.493 e. The van der Waals surface area contributed by atoms with Gasteiger partial charge in [0.25, 0.3) is 5.56 Å². The van der Waals surface area contributed by atoms with E-state index in [1.807, 2.05) is 49.4 Å². The molecule has 0 fully saturated rings. The zero-order valence-electron chi connectivity index (χ0n) is 18.2. The molecule has 7 nitrogen and oxygen atoms in total. The van der Waals surface area contributed by atoms with Crippen molar-refractivity contribution < 1.29 is 14.3 Å². The molecule has 0 radical (unpaired) electrons. The number of benzene rings is 2. The standard InChI is InChI=1S/C25H25N3O4/c1-13-4-6-14(7-5-13)21-22-17(26-24-23(21)25(30)28-27-24)10-16(11-18(22)29)15-8-9-19(31-2)20(12-15)32-3/h4-9,12,16,21H,10-11H2,1-3H3,(H3,26,27,28,30)/t16-,21-/m0/s1. The van der Waals surface area contributed by atoms with Crippen LogP contribution in [0.3, 0.4) is 0 Å². The first-order valence-corrected chi connectivity index (χ1v) is 10.6. The topological polar surface area (TPSA) is 96.2 Å². The van der Waals surface area contributed by atoms with Gasteiger partial charge in [-0.15, -0.1) is 0 Å². The van der Waals surface area contributed by atoms with E-state index in [2.05, 4.69) is 15.5 Å². The molecule has 3 N–H and O–H groups in total. The Morgan fingerprint density at radius 2 is 1.59 bits per heavy atom. The number of aromatic amines is 2. The first-order valence-electron chi connectivity index (χ1n) is 10.6. The average molecular weight is 431 g/mol. The first-order chi connectivity index (χ1) is 15.5. The van der Waals surface area contributed by atoms with Crippen molar-refractivity contribution in [2.24, 2.45) is 0 Å². The Kier molecular flexibility index (Phi) is 4.89. The van der Waals surface area contributed by atoms with Gasteiger partial charge in [0.1, 0.15) is 5.82 Å². The number of aromatic nitrogens is 2. The molecule has 0 unspecified atom stereocenters. The molecule has 0 saturated heterocycles. The molecule has 0 spiro atoms. The van der Waals surface area contributed by atoms with Crippen LogP contribution in [0.5, 0.6) is 11.5 Å². The molecule has 1 aliphatic heterocycles. The summed E-state index contributed by atoms with van der Waals surface area (Å²) in [5.74, 6) is 1.58. The fraction of sp³-hybridized carbons (Fsp3) is 0.280. The van der Waals surface area contributed by atoms with E-state index in [4.69, 9.17) is 9.47 Å². The lowest BCUT2D eigenvalue weighted by atomic mass is 9.72. The molecule has 3 aromatic rings. The van der Waals surface area contributed by atoms with Crippen LogP contribution in [0, 0.1) is 6.92 Å². The van der Waals surface area contributed by atoms with Crippen LogP contribution in [0.2, 0.25) is 0 Å². The van der Waals surface area contributed by atoms with Crippen molar-refractivity contribution in [1.82, 2.24) is 10.2 Å². The summed E-state index contributed by atoms with van der Waals surface area (Å²) >= 11 is 0. The number of carbonyl (C=O) groups excluding carboxylic acids is 1. The van der Waals surface area contributed by atoms with Gasteiger partial charge in [-0.05, 0) is 42.5 Å².